The fourth-order valence-corrected chi connectivity index (χ4v) is 0.866. The Morgan fingerprint density at radius 1 is 1.91 bits per heavy atom. The highest BCUT2D eigenvalue weighted by Crippen LogP contribution is 2.01. The minimum Gasteiger partial charge on any atom is -0.450 e. The topological polar surface area (TPSA) is 64.1 Å². The Bertz CT molecular complexity index is 224. The first-order chi connectivity index (χ1) is 5.33. The van der Waals surface area contributed by atoms with Crippen LogP contribution in [0.2, 0.25) is 0 Å². The van der Waals surface area contributed by atoms with Gasteiger partial charge in [0, 0.05) is 0 Å². The highest BCUT2D eigenvalue weighted by Gasteiger charge is 2.02. The predicted molar refractivity (Wildman–Crippen MR) is 40.6 cm³/mol. The molecule has 0 aromatic carbocycles. The number of carbonyl (C=O) groups excluding carboxylic acids is 1. The van der Waals surface area contributed by atoms with Crippen molar-refractivity contribution >= 4 is 23.6 Å². The van der Waals surface area contributed by atoms with Crippen molar-refractivity contribution in [3.8, 4) is 0 Å². The molecule has 0 aliphatic rings. The number of nitrogens with zero attached hydrogens (tertiary/aromatic N) is 2. The first-order valence-electron chi connectivity index (χ1n) is 3.04. The third-order valence-corrected chi connectivity index (χ3v) is 1.34. The molecule has 0 aliphatic carbocycles. The lowest BCUT2D eigenvalue weighted by atomic mass is 10.7. The van der Waals surface area contributed by atoms with E-state index in [1.165, 1.54) is 6.20 Å². The van der Waals surface area contributed by atoms with Crippen LogP contribution in [0.25, 0.3) is 0 Å². The number of carbonyl (C=O) groups is 1. The molecule has 6 heteroatoms. The molecule has 0 saturated heterocycles. The fourth-order valence-electron chi connectivity index (χ4n) is 0.491. The first kappa shape index (κ1) is 7.93. The summed E-state index contributed by atoms with van der Waals surface area (Å²) in [5.41, 5.74) is 0. The molecule has 0 radical (unpaired) electrons. The maximum Gasteiger partial charge on any atom is 0.412 e. The average Bonchev–Trinajstić information content (AvgIpc) is 2.40. The maximum absolute atomic E-state index is 10.7. The van der Waals surface area contributed by atoms with E-state index in [4.69, 9.17) is 0 Å². The number of nitrogens with one attached hydrogen (secondary N) is 1. The molecule has 1 N–H and O–H groups in total. The molecule has 11 heavy (non-hydrogen) atoms. The standard InChI is InChI=1S/C5H7N3O2S/c1-2-10-5(9)7-4-3-6-11-8-4/h3H,2H2,1H3,(H,7,8,9). The second kappa shape index (κ2) is 3.87. The molecular formula is C5H7N3O2S. The van der Waals surface area contributed by atoms with E-state index in [9.17, 15) is 4.79 Å². The predicted octanol–water partition coefficient (Wildman–Crippen LogP) is 1.11. The first-order valence-corrected chi connectivity index (χ1v) is 3.77. The Morgan fingerprint density at radius 3 is 3.27 bits per heavy atom. The van der Waals surface area contributed by atoms with Gasteiger partial charge in [-0.3, -0.25) is 5.32 Å². The third kappa shape index (κ3) is 2.50. The fraction of sp³-hybridized carbons (Fsp3) is 0.400. The van der Waals surface area contributed by atoms with Crippen LogP contribution in [-0.2, 0) is 4.74 Å². The van der Waals surface area contributed by atoms with Crippen LogP contribution in [0.5, 0.6) is 0 Å². The van der Waals surface area contributed by atoms with E-state index in [-0.39, 0.29) is 0 Å². The number of rotatable bonds is 2. The summed E-state index contributed by atoms with van der Waals surface area (Å²) >= 11 is 1.03. The second-order valence-corrected chi connectivity index (χ2v) is 2.19. The lowest BCUT2D eigenvalue weighted by Crippen LogP contribution is -2.13. The quantitative estimate of drug-likeness (QED) is 0.727. The molecule has 0 aliphatic heterocycles. The van der Waals surface area contributed by atoms with Crippen molar-refractivity contribution in [3.63, 3.8) is 0 Å². The molecule has 5 nitrogen and oxygen atoms in total. The van der Waals surface area contributed by atoms with Crippen molar-refractivity contribution in [1.29, 1.82) is 0 Å². The number of amides is 1. The molecule has 1 heterocycles. The normalized spacial score (nSPS) is 9.18. The van der Waals surface area contributed by atoms with Crippen LogP contribution in [0.15, 0.2) is 6.20 Å². The van der Waals surface area contributed by atoms with E-state index in [1.807, 2.05) is 0 Å². The van der Waals surface area contributed by atoms with E-state index in [2.05, 4.69) is 18.8 Å². The van der Waals surface area contributed by atoms with Gasteiger partial charge >= 0.3 is 6.09 Å². The van der Waals surface area contributed by atoms with Crippen LogP contribution in [0.1, 0.15) is 6.92 Å². The monoisotopic (exact) mass is 173 g/mol. The van der Waals surface area contributed by atoms with Crippen molar-refractivity contribution in [1.82, 2.24) is 8.75 Å². The van der Waals surface area contributed by atoms with E-state index in [0.29, 0.717) is 12.4 Å². The number of hydrogen-bond acceptors (Lipinski definition) is 5. The van der Waals surface area contributed by atoms with Crippen LogP contribution in [0, 0.1) is 0 Å². The second-order valence-electron chi connectivity index (χ2n) is 1.64. The zero-order chi connectivity index (χ0) is 8.10. The Morgan fingerprint density at radius 2 is 2.73 bits per heavy atom. The van der Waals surface area contributed by atoms with Gasteiger partial charge in [-0.05, 0) is 6.92 Å². The van der Waals surface area contributed by atoms with Crippen molar-refractivity contribution in [2.75, 3.05) is 11.9 Å². The molecule has 0 spiro atoms. The maximum atomic E-state index is 10.7. The molecule has 0 atom stereocenters. The summed E-state index contributed by atoms with van der Waals surface area (Å²) in [5, 5.41) is 2.40. The highest BCUT2D eigenvalue weighted by atomic mass is 32.1. The van der Waals surface area contributed by atoms with Gasteiger partial charge in [-0.15, -0.1) is 0 Å². The van der Waals surface area contributed by atoms with Gasteiger partial charge < -0.3 is 4.74 Å². The van der Waals surface area contributed by atoms with Crippen LogP contribution < -0.4 is 5.32 Å². The number of ether oxygens (including phenoxy) is 1. The van der Waals surface area contributed by atoms with E-state index in [1.54, 1.807) is 6.92 Å². The minimum absolute atomic E-state index is 0.351. The van der Waals surface area contributed by atoms with Gasteiger partial charge in [0.15, 0.2) is 5.82 Å². The average molecular weight is 173 g/mol. The van der Waals surface area contributed by atoms with Crippen LogP contribution >= 0.6 is 11.7 Å². The van der Waals surface area contributed by atoms with E-state index in [0.717, 1.165) is 11.7 Å². The summed E-state index contributed by atoms with van der Waals surface area (Å²) in [4.78, 5) is 10.7. The van der Waals surface area contributed by atoms with Gasteiger partial charge in [0.25, 0.3) is 0 Å². The summed E-state index contributed by atoms with van der Waals surface area (Å²) in [7, 11) is 0. The summed E-state index contributed by atoms with van der Waals surface area (Å²) < 4.78 is 12.1. The van der Waals surface area contributed by atoms with Crippen molar-refractivity contribution in [2.24, 2.45) is 0 Å². The van der Waals surface area contributed by atoms with Gasteiger partial charge in [-0.25, -0.2) is 4.79 Å². The SMILES string of the molecule is CCOC(=O)Nc1cnsn1. The Balaban J connectivity index is 2.37. The molecule has 1 rings (SSSR count). The molecule has 0 fully saturated rings. The molecule has 60 valence electrons. The molecule has 0 saturated carbocycles. The van der Waals surface area contributed by atoms with Gasteiger partial charge in [0.1, 0.15) is 0 Å². The lowest BCUT2D eigenvalue weighted by molar-refractivity contribution is 0.168. The summed E-state index contributed by atoms with van der Waals surface area (Å²) in [5.74, 6) is 0.424. The van der Waals surface area contributed by atoms with Gasteiger partial charge in [0.05, 0.1) is 24.5 Å². The van der Waals surface area contributed by atoms with Gasteiger partial charge in [0.2, 0.25) is 0 Å². The van der Waals surface area contributed by atoms with Crippen molar-refractivity contribution < 1.29 is 9.53 Å². The molecule has 1 amide bonds. The highest BCUT2D eigenvalue weighted by molar-refractivity contribution is 6.99. The van der Waals surface area contributed by atoms with E-state index >= 15 is 0 Å². The zero-order valence-electron chi connectivity index (χ0n) is 5.90. The zero-order valence-corrected chi connectivity index (χ0v) is 6.72. The summed E-state index contributed by atoms with van der Waals surface area (Å²) in [6, 6.07) is 0. The molecule has 1 aromatic rings. The molecule has 1 aromatic heterocycles. The number of hydrogen-bond donors (Lipinski definition) is 1. The van der Waals surface area contributed by atoms with Crippen molar-refractivity contribution in [3.05, 3.63) is 6.20 Å². The van der Waals surface area contributed by atoms with Gasteiger partial charge in [-0.2, -0.15) is 8.75 Å². The van der Waals surface area contributed by atoms with Crippen LogP contribution in [0.3, 0.4) is 0 Å². The van der Waals surface area contributed by atoms with E-state index < -0.39 is 6.09 Å². The Hall–Kier alpha value is -1.17. The summed E-state index contributed by atoms with van der Waals surface area (Å²) in [6.07, 6.45) is 0.960. The summed E-state index contributed by atoms with van der Waals surface area (Å²) in [6.45, 7) is 2.09. The van der Waals surface area contributed by atoms with Crippen LogP contribution in [-0.4, -0.2) is 21.4 Å². The smallest absolute Gasteiger partial charge is 0.412 e. The lowest BCUT2D eigenvalue weighted by Gasteiger charge is -1.99. The van der Waals surface area contributed by atoms with Gasteiger partial charge in [-0.1, -0.05) is 0 Å². The number of aromatic nitrogens is 2. The Kier molecular flexibility index (Phi) is 2.79. The Labute approximate surface area is 67.7 Å². The molecular weight excluding hydrogens is 166 g/mol. The largest absolute Gasteiger partial charge is 0.450 e. The molecule has 0 bridgehead atoms. The minimum atomic E-state index is -0.500. The van der Waals surface area contributed by atoms with Crippen molar-refractivity contribution in [2.45, 2.75) is 6.92 Å². The number of anilines is 1. The van der Waals surface area contributed by atoms with Crippen LogP contribution in [0.4, 0.5) is 10.6 Å². The third-order valence-electron chi connectivity index (χ3n) is 0.867. The molecule has 0 unspecified atom stereocenters.